The summed E-state index contributed by atoms with van der Waals surface area (Å²) in [6.07, 6.45) is 11.4. The Balaban J connectivity index is 1.29. The van der Waals surface area contributed by atoms with E-state index < -0.39 is 11.6 Å². The highest BCUT2D eigenvalue weighted by Gasteiger charge is 2.61. The normalized spacial score (nSPS) is 43.5. The minimum absolute atomic E-state index is 0.0475. The third-order valence-electron chi connectivity index (χ3n) is 10.7. The van der Waals surface area contributed by atoms with Crippen LogP contribution in [0.15, 0.2) is 6.20 Å². The molecule has 1 aromatic rings. The van der Waals surface area contributed by atoms with Crippen molar-refractivity contribution in [3.63, 3.8) is 0 Å². The minimum Gasteiger partial charge on any atom is -0.461 e. The van der Waals surface area contributed by atoms with Gasteiger partial charge in [-0.25, -0.2) is 9.48 Å². The Morgan fingerprint density at radius 1 is 1.06 bits per heavy atom. The molecule has 1 aromatic heterocycles. The van der Waals surface area contributed by atoms with Crippen molar-refractivity contribution in [2.24, 2.45) is 40.4 Å². The molecule has 7 nitrogen and oxygen atoms in total. The lowest BCUT2D eigenvalue weighted by Gasteiger charge is -2.61. The number of aliphatic hydroxyl groups is 1. The Labute approximate surface area is 203 Å². The average molecular weight is 472 g/mol. The molecule has 7 heteroatoms. The highest BCUT2D eigenvalue weighted by atomic mass is 16.5. The first-order valence-electron chi connectivity index (χ1n) is 13.4. The van der Waals surface area contributed by atoms with Crippen molar-refractivity contribution in [1.29, 1.82) is 0 Å². The van der Waals surface area contributed by atoms with Crippen molar-refractivity contribution in [3.05, 3.63) is 11.9 Å². The van der Waals surface area contributed by atoms with Gasteiger partial charge in [0.05, 0.1) is 18.4 Å². The highest BCUT2D eigenvalue weighted by Crippen LogP contribution is 2.68. The molecule has 4 saturated carbocycles. The van der Waals surface area contributed by atoms with E-state index >= 15 is 0 Å². The van der Waals surface area contributed by atoms with Crippen LogP contribution in [-0.4, -0.2) is 44.1 Å². The van der Waals surface area contributed by atoms with Crippen LogP contribution in [0.4, 0.5) is 0 Å². The Morgan fingerprint density at radius 2 is 1.82 bits per heavy atom. The molecule has 4 aliphatic carbocycles. The van der Waals surface area contributed by atoms with Gasteiger partial charge in [-0.2, -0.15) is 0 Å². The Kier molecular flexibility index (Phi) is 5.93. The number of Topliss-reactive ketones (excluding diaryl/α,β-unsaturated/α-hetero) is 1. The number of esters is 1. The van der Waals surface area contributed by atoms with Crippen LogP contribution in [0.25, 0.3) is 0 Å². The number of ketones is 1. The Bertz CT molecular complexity index is 957. The van der Waals surface area contributed by atoms with Gasteiger partial charge in [-0.1, -0.05) is 19.1 Å². The predicted molar refractivity (Wildman–Crippen MR) is 127 cm³/mol. The van der Waals surface area contributed by atoms with Gasteiger partial charge in [0.1, 0.15) is 6.54 Å². The maximum absolute atomic E-state index is 13.5. The van der Waals surface area contributed by atoms with Crippen LogP contribution in [0.5, 0.6) is 0 Å². The van der Waals surface area contributed by atoms with Gasteiger partial charge in [-0.3, -0.25) is 4.79 Å². The van der Waals surface area contributed by atoms with E-state index in [9.17, 15) is 14.7 Å². The highest BCUT2D eigenvalue weighted by molar-refractivity contribution is 5.87. The van der Waals surface area contributed by atoms with Gasteiger partial charge in [-0.05, 0) is 106 Å². The lowest BCUT2D eigenvalue weighted by atomic mass is 9.44. The third-order valence-corrected chi connectivity index (χ3v) is 10.7. The molecular formula is C27H41N3O4. The number of ether oxygens (including phenoxy) is 1. The van der Waals surface area contributed by atoms with E-state index in [0.29, 0.717) is 23.2 Å². The summed E-state index contributed by atoms with van der Waals surface area (Å²) in [5, 5.41) is 18.6. The number of hydrogen-bond acceptors (Lipinski definition) is 6. The van der Waals surface area contributed by atoms with Crippen molar-refractivity contribution in [2.75, 3.05) is 6.61 Å². The first-order valence-corrected chi connectivity index (χ1v) is 13.4. The molecule has 188 valence electrons. The predicted octanol–water partition coefficient (Wildman–Crippen LogP) is 4.43. The molecule has 1 heterocycles. The van der Waals surface area contributed by atoms with Crippen molar-refractivity contribution < 1.29 is 19.4 Å². The monoisotopic (exact) mass is 471 g/mol. The SMILES string of the molecule is CCOC(=O)c1cn(CC(=O)[C@H]2CC[C@H]3[C@@H]4CC[C@@H]5C[C@](C)(O)CC[C@]5(C)[C@H]4CC[C@]23C)nn1. The topological polar surface area (TPSA) is 94.3 Å². The summed E-state index contributed by atoms with van der Waals surface area (Å²) in [7, 11) is 0. The van der Waals surface area contributed by atoms with Gasteiger partial charge in [0.25, 0.3) is 0 Å². The lowest BCUT2D eigenvalue weighted by Crippen LogP contribution is -2.55. The summed E-state index contributed by atoms with van der Waals surface area (Å²) in [5.41, 5.74) is 0.0343. The smallest absolute Gasteiger partial charge is 0.360 e. The van der Waals surface area contributed by atoms with E-state index in [1.165, 1.54) is 30.1 Å². The van der Waals surface area contributed by atoms with Crippen LogP contribution in [-0.2, 0) is 16.1 Å². The fourth-order valence-electron chi connectivity index (χ4n) is 8.90. The van der Waals surface area contributed by atoms with Crippen molar-refractivity contribution in [1.82, 2.24) is 15.0 Å². The molecule has 5 rings (SSSR count). The molecule has 1 N–H and O–H groups in total. The van der Waals surface area contributed by atoms with Crippen molar-refractivity contribution >= 4 is 11.8 Å². The van der Waals surface area contributed by atoms with Gasteiger partial charge in [0, 0.05) is 5.92 Å². The molecule has 0 aliphatic heterocycles. The fraction of sp³-hybridized carbons (Fsp3) is 0.852. The zero-order valence-electron chi connectivity index (χ0n) is 21.3. The number of aromatic nitrogens is 3. The average Bonchev–Trinajstić information content (AvgIpc) is 3.38. The molecule has 4 fully saturated rings. The van der Waals surface area contributed by atoms with E-state index in [4.69, 9.17) is 4.74 Å². The summed E-state index contributed by atoms with van der Waals surface area (Å²) in [5.74, 6) is 2.41. The largest absolute Gasteiger partial charge is 0.461 e. The van der Waals surface area contributed by atoms with Crippen molar-refractivity contribution in [2.45, 2.75) is 97.6 Å². The molecule has 0 aromatic carbocycles. The maximum atomic E-state index is 13.5. The minimum atomic E-state index is -0.500. The summed E-state index contributed by atoms with van der Waals surface area (Å²) >= 11 is 0. The van der Waals surface area contributed by atoms with Gasteiger partial charge < -0.3 is 9.84 Å². The second-order valence-electron chi connectivity index (χ2n) is 12.5. The number of carbonyl (C=O) groups excluding carboxylic acids is 2. The molecule has 4 aliphatic rings. The lowest BCUT2D eigenvalue weighted by molar-refractivity contribution is -0.151. The number of fused-ring (bicyclic) bond motifs is 5. The number of nitrogens with zero attached hydrogens (tertiary/aromatic N) is 3. The summed E-state index contributed by atoms with van der Waals surface area (Å²) < 4.78 is 6.48. The zero-order chi connectivity index (χ0) is 24.3. The van der Waals surface area contributed by atoms with Crippen LogP contribution in [0.1, 0.15) is 96.0 Å². The van der Waals surface area contributed by atoms with E-state index in [0.717, 1.165) is 44.4 Å². The molecule has 0 saturated heterocycles. The molecule has 0 bridgehead atoms. The first kappa shape index (κ1) is 24.0. The molecule has 8 atom stereocenters. The summed E-state index contributed by atoms with van der Waals surface area (Å²) in [6, 6.07) is 0. The van der Waals surface area contributed by atoms with Crippen LogP contribution < -0.4 is 0 Å². The Hall–Kier alpha value is -1.76. The van der Waals surface area contributed by atoms with E-state index in [2.05, 4.69) is 24.2 Å². The van der Waals surface area contributed by atoms with Crippen LogP contribution in [0, 0.1) is 40.4 Å². The van der Waals surface area contributed by atoms with E-state index in [1.807, 2.05) is 6.92 Å². The van der Waals surface area contributed by atoms with Gasteiger partial charge in [0.15, 0.2) is 11.5 Å². The third kappa shape index (κ3) is 3.82. The molecular weight excluding hydrogens is 430 g/mol. The number of hydrogen-bond donors (Lipinski definition) is 1. The standard InChI is InChI=1S/C27H41N3O4/c1-5-34-24(32)22-15-30(29-28-22)16-23(31)21-9-8-19-18-7-6-17-14-25(2,33)12-13-26(17,3)20(18)10-11-27(19,21)4/h15,17-21,33H,5-14,16H2,1-4H3/t17-,18+,19+,20+,21-,25-,26+,27+/m1/s1. The number of carbonyl (C=O) groups is 2. The van der Waals surface area contributed by atoms with Gasteiger partial charge in [0.2, 0.25) is 0 Å². The van der Waals surface area contributed by atoms with Crippen LogP contribution in [0.3, 0.4) is 0 Å². The second kappa shape index (κ2) is 8.42. The van der Waals surface area contributed by atoms with Gasteiger partial charge >= 0.3 is 5.97 Å². The molecule has 34 heavy (non-hydrogen) atoms. The Morgan fingerprint density at radius 3 is 2.59 bits per heavy atom. The van der Waals surface area contributed by atoms with E-state index in [1.54, 1.807) is 6.92 Å². The van der Waals surface area contributed by atoms with Gasteiger partial charge in [-0.15, -0.1) is 5.10 Å². The van der Waals surface area contributed by atoms with Crippen LogP contribution >= 0.6 is 0 Å². The molecule has 0 unspecified atom stereocenters. The summed E-state index contributed by atoms with van der Waals surface area (Å²) in [4.78, 5) is 25.4. The number of rotatable bonds is 5. The quantitative estimate of drug-likeness (QED) is 0.638. The van der Waals surface area contributed by atoms with Crippen molar-refractivity contribution in [3.8, 4) is 0 Å². The van der Waals surface area contributed by atoms with E-state index in [-0.39, 0.29) is 36.0 Å². The molecule has 0 radical (unpaired) electrons. The summed E-state index contributed by atoms with van der Waals surface area (Å²) in [6.45, 7) is 9.11. The fourth-order valence-corrected chi connectivity index (χ4v) is 8.90. The second-order valence-corrected chi connectivity index (χ2v) is 12.5. The zero-order valence-corrected chi connectivity index (χ0v) is 21.3. The maximum Gasteiger partial charge on any atom is 0.360 e. The molecule has 0 amide bonds. The van der Waals surface area contributed by atoms with Crippen LogP contribution in [0.2, 0.25) is 0 Å². The first-order chi connectivity index (χ1) is 16.1. The molecule has 0 spiro atoms.